The van der Waals surface area contributed by atoms with Crippen LogP contribution in [-0.2, 0) is 13.2 Å². The lowest BCUT2D eigenvalue weighted by Crippen LogP contribution is -2.02. The normalized spacial score (nSPS) is 11.1. The van der Waals surface area contributed by atoms with Crippen LogP contribution in [0.2, 0.25) is 0 Å². The summed E-state index contributed by atoms with van der Waals surface area (Å²) in [6.07, 6.45) is 0. The molecule has 4 aromatic rings. The Balaban J connectivity index is 1.82. The minimum atomic E-state index is -0.386. The molecule has 142 valence electrons. The van der Waals surface area contributed by atoms with Crippen LogP contribution >= 0.6 is 0 Å². The van der Waals surface area contributed by atoms with Gasteiger partial charge in [-0.3, -0.25) is 4.68 Å². The van der Waals surface area contributed by atoms with Gasteiger partial charge >= 0.3 is 0 Å². The van der Waals surface area contributed by atoms with E-state index in [4.69, 9.17) is 9.84 Å². The summed E-state index contributed by atoms with van der Waals surface area (Å²) in [6, 6.07) is 18.6. The average molecular weight is 376 g/mol. The van der Waals surface area contributed by atoms with Crippen molar-refractivity contribution in [1.82, 2.24) is 9.78 Å². The van der Waals surface area contributed by atoms with Crippen molar-refractivity contribution in [2.75, 3.05) is 7.11 Å². The maximum Gasteiger partial charge on any atom is 0.133 e. The molecule has 0 bridgehead atoms. The van der Waals surface area contributed by atoms with E-state index >= 15 is 0 Å². The Hall–Kier alpha value is -3.18. The Morgan fingerprint density at radius 1 is 1.00 bits per heavy atom. The predicted octanol–water partition coefficient (Wildman–Crippen LogP) is 4.70. The number of aliphatic hydroxyl groups excluding tert-OH is 1. The van der Waals surface area contributed by atoms with Crippen LogP contribution in [0.3, 0.4) is 0 Å². The van der Waals surface area contributed by atoms with Gasteiger partial charge in [-0.05, 0) is 53.9 Å². The van der Waals surface area contributed by atoms with Crippen LogP contribution in [0.15, 0.2) is 60.7 Å². The first kappa shape index (κ1) is 18.2. The highest BCUT2D eigenvalue weighted by Gasteiger charge is 2.16. The van der Waals surface area contributed by atoms with E-state index in [2.05, 4.69) is 6.07 Å². The zero-order valence-electron chi connectivity index (χ0n) is 15.8. The van der Waals surface area contributed by atoms with Gasteiger partial charge in [-0.1, -0.05) is 30.3 Å². The lowest BCUT2D eigenvalue weighted by molar-refractivity contribution is 0.281. The number of methoxy groups -OCH3 is 1. The molecule has 1 heterocycles. The van der Waals surface area contributed by atoms with E-state index in [1.54, 1.807) is 19.2 Å². The van der Waals surface area contributed by atoms with Gasteiger partial charge in [0.25, 0.3) is 0 Å². The number of benzene rings is 3. The standard InChI is InChI=1S/C23H21FN2O2/c1-15-3-9-20-22(11-15)26(13-16-4-7-18(28-2)8-5-16)25-23(20)19-10-6-17(14-27)12-21(19)24/h3-12,27H,13-14H2,1-2H3. The van der Waals surface area contributed by atoms with E-state index in [9.17, 15) is 9.50 Å². The van der Waals surface area contributed by atoms with Crippen molar-refractivity contribution in [3.05, 3.63) is 83.2 Å². The van der Waals surface area contributed by atoms with E-state index in [0.29, 0.717) is 23.4 Å². The fraction of sp³-hybridized carbons (Fsp3) is 0.174. The Bertz CT molecular complexity index is 1130. The second-order valence-electron chi connectivity index (χ2n) is 6.85. The first-order chi connectivity index (χ1) is 13.6. The molecule has 0 amide bonds. The predicted molar refractivity (Wildman–Crippen MR) is 108 cm³/mol. The number of aliphatic hydroxyl groups is 1. The van der Waals surface area contributed by atoms with Gasteiger partial charge in [0.2, 0.25) is 0 Å². The Morgan fingerprint density at radius 2 is 1.75 bits per heavy atom. The van der Waals surface area contributed by atoms with Crippen LogP contribution < -0.4 is 4.74 Å². The van der Waals surface area contributed by atoms with Crippen molar-refractivity contribution in [2.45, 2.75) is 20.1 Å². The molecule has 0 aliphatic rings. The third-order valence-corrected chi connectivity index (χ3v) is 4.87. The van der Waals surface area contributed by atoms with Crippen molar-refractivity contribution in [1.29, 1.82) is 0 Å². The Labute approximate surface area is 162 Å². The van der Waals surface area contributed by atoms with E-state index in [1.807, 2.05) is 48.0 Å². The number of ether oxygens (including phenoxy) is 1. The summed E-state index contributed by atoms with van der Waals surface area (Å²) in [6.45, 7) is 2.41. The molecule has 4 nitrogen and oxygen atoms in total. The van der Waals surface area contributed by atoms with Crippen LogP contribution in [0.25, 0.3) is 22.2 Å². The molecular weight excluding hydrogens is 355 g/mol. The number of hydrogen-bond donors (Lipinski definition) is 1. The summed E-state index contributed by atoms with van der Waals surface area (Å²) in [5.74, 6) is 0.416. The number of nitrogens with zero attached hydrogens (tertiary/aromatic N) is 2. The molecule has 1 N–H and O–H groups in total. The lowest BCUT2D eigenvalue weighted by atomic mass is 10.0. The van der Waals surface area contributed by atoms with Gasteiger partial charge in [0.05, 0.1) is 25.8 Å². The number of aromatic nitrogens is 2. The summed E-state index contributed by atoms with van der Waals surface area (Å²) in [7, 11) is 1.64. The molecule has 0 saturated heterocycles. The van der Waals surface area contributed by atoms with Gasteiger partial charge in [0, 0.05) is 10.9 Å². The van der Waals surface area contributed by atoms with Crippen molar-refractivity contribution in [2.24, 2.45) is 0 Å². The van der Waals surface area contributed by atoms with Crippen LogP contribution in [0.4, 0.5) is 4.39 Å². The molecule has 0 aliphatic carbocycles. The number of aryl methyl sites for hydroxylation is 1. The highest BCUT2D eigenvalue weighted by Crippen LogP contribution is 2.31. The van der Waals surface area contributed by atoms with Gasteiger partial charge in [0.15, 0.2) is 0 Å². The number of fused-ring (bicyclic) bond motifs is 1. The minimum absolute atomic E-state index is 0.191. The van der Waals surface area contributed by atoms with Crippen LogP contribution in [0.1, 0.15) is 16.7 Å². The van der Waals surface area contributed by atoms with E-state index in [0.717, 1.165) is 27.8 Å². The van der Waals surface area contributed by atoms with Gasteiger partial charge in [-0.2, -0.15) is 5.10 Å². The smallest absolute Gasteiger partial charge is 0.133 e. The molecule has 0 unspecified atom stereocenters. The monoisotopic (exact) mass is 376 g/mol. The van der Waals surface area contributed by atoms with Crippen LogP contribution in [0.5, 0.6) is 5.75 Å². The number of halogens is 1. The fourth-order valence-corrected chi connectivity index (χ4v) is 3.36. The third kappa shape index (κ3) is 3.37. The zero-order chi connectivity index (χ0) is 19.7. The number of hydrogen-bond acceptors (Lipinski definition) is 3. The second kappa shape index (κ2) is 7.44. The van der Waals surface area contributed by atoms with E-state index < -0.39 is 0 Å². The summed E-state index contributed by atoms with van der Waals surface area (Å²) in [5, 5.41) is 14.9. The third-order valence-electron chi connectivity index (χ3n) is 4.87. The molecule has 4 rings (SSSR count). The molecule has 1 aromatic heterocycles. The molecule has 0 aliphatic heterocycles. The molecule has 0 saturated carbocycles. The highest BCUT2D eigenvalue weighted by molar-refractivity contribution is 5.94. The Kier molecular flexibility index (Phi) is 4.84. The highest BCUT2D eigenvalue weighted by atomic mass is 19.1. The average Bonchev–Trinajstić information content (AvgIpc) is 3.05. The van der Waals surface area contributed by atoms with Crippen molar-refractivity contribution in [3.8, 4) is 17.0 Å². The van der Waals surface area contributed by atoms with Crippen molar-refractivity contribution in [3.63, 3.8) is 0 Å². The molecule has 0 radical (unpaired) electrons. The second-order valence-corrected chi connectivity index (χ2v) is 6.85. The molecule has 28 heavy (non-hydrogen) atoms. The summed E-state index contributed by atoms with van der Waals surface area (Å²) in [4.78, 5) is 0. The molecular formula is C23H21FN2O2. The molecule has 0 atom stereocenters. The van der Waals surface area contributed by atoms with Gasteiger partial charge in [0.1, 0.15) is 17.3 Å². The first-order valence-corrected chi connectivity index (χ1v) is 9.09. The molecule has 0 fully saturated rings. The maximum atomic E-state index is 14.7. The number of rotatable bonds is 5. The van der Waals surface area contributed by atoms with Gasteiger partial charge < -0.3 is 9.84 Å². The van der Waals surface area contributed by atoms with E-state index in [1.165, 1.54) is 6.07 Å². The topological polar surface area (TPSA) is 47.3 Å². The molecule has 5 heteroatoms. The SMILES string of the molecule is COc1ccc(Cn2nc(-c3ccc(CO)cc3F)c3ccc(C)cc32)cc1. The maximum absolute atomic E-state index is 14.7. The van der Waals surface area contributed by atoms with Crippen LogP contribution in [-0.4, -0.2) is 22.0 Å². The lowest BCUT2D eigenvalue weighted by Gasteiger charge is -2.06. The van der Waals surface area contributed by atoms with Crippen molar-refractivity contribution < 1.29 is 14.2 Å². The zero-order valence-corrected chi connectivity index (χ0v) is 15.8. The minimum Gasteiger partial charge on any atom is -0.497 e. The van der Waals surface area contributed by atoms with Gasteiger partial charge in [-0.15, -0.1) is 0 Å². The van der Waals surface area contributed by atoms with Gasteiger partial charge in [-0.25, -0.2) is 4.39 Å². The first-order valence-electron chi connectivity index (χ1n) is 9.09. The summed E-state index contributed by atoms with van der Waals surface area (Å²) < 4.78 is 21.8. The van der Waals surface area contributed by atoms with E-state index in [-0.39, 0.29) is 12.4 Å². The largest absolute Gasteiger partial charge is 0.497 e. The van der Waals surface area contributed by atoms with Crippen molar-refractivity contribution >= 4 is 10.9 Å². The fourth-order valence-electron chi connectivity index (χ4n) is 3.36. The van der Waals surface area contributed by atoms with Crippen LogP contribution in [0, 0.1) is 12.7 Å². The molecule has 0 spiro atoms. The quantitative estimate of drug-likeness (QED) is 0.549. The molecule has 3 aromatic carbocycles. The summed E-state index contributed by atoms with van der Waals surface area (Å²) in [5.41, 5.74) is 4.72. The summed E-state index contributed by atoms with van der Waals surface area (Å²) >= 11 is 0. The Morgan fingerprint density at radius 3 is 2.43 bits per heavy atom.